The van der Waals surface area contributed by atoms with E-state index >= 15 is 0 Å². The quantitative estimate of drug-likeness (QED) is 0.880. The molecule has 1 aliphatic carbocycles. The molecular formula is C17H24O3. The Hall–Kier alpha value is -1.51. The third-order valence-electron chi connectivity index (χ3n) is 4.30. The van der Waals surface area contributed by atoms with Crippen molar-refractivity contribution in [2.45, 2.75) is 64.2 Å². The summed E-state index contributed by atoms with van der Waals surface area (Å²) in [7, 11) is 0. The van der Waals surface area contributed by atoms with Gasteiger partial charge in [-0.2, -0.15) is 0 Å². The number of aromatic hydroxyl groups is 1. The summed E-state index contributed by atoms with van der Waals surface area (Å²) in [6.45, 7) is 8.30. The minimum Gasteiger partial charge on any atom is -0.507 e. The van der Waals surface area contributed by atoms with Crippen molar-refractivity contribution in [1.29, 1.82) is 0 Å². The Balaban J connectivity index is 2.56. The average Bonchev–Trinajstić information content (AvgIpc) is 3.07. The minimum absolute atomic E-state index is 0.108. The minimum atomic E-state index is -0.791. The predicted molar refractivity (Wildman–Crippen MR) is 79.3 cm³/mol. The number of carboxylic acid groups (broad SMARTS) is 1. The molecule has 0 aliphatic heterocycles. The molecule has 0 atom stereocenters. The van der Waals surface area contributed by atoms with Crippen molar-refractivity contribution in [3.05, 3.63) is 28.8 Å². The number of benzene rings is 1. The van der Waals surface area contributed by atoms with Gasteiger partial charge in [0.1, 0.15) is 5.75 Å². The molecule has 1 aliphatic rings. The van der Waals surface area contributed by atoms with Gasteiger partial charge in [-0.15, -0.1) is 0 Å². The first kappa shape index (κ1) is 14.9. The zero-order chi connectivity index (χ0) is 15.1. The lowest BCUT2D eigenvalue weighted by Crippen LogP contribution is -2.18. The van der Waals surface area contributed by atoms with Crippen LogP contribution in [-0.2, 0) is 22.0 Å². The molecule has 1 saturated carbocycles. The summed E-state index contributed by atoms with van der Waals surface area (Å²) in [5.41, 5.74) is 2.43. The lowest BCUT2D eigenvalue weighted by Gasteiger charge is -2.26. The van der Waals surface area contributed by atoms with Gasteiger partial charge >= 0.3 is 5.97 Å². The number of carbonyl (C=O) groups is 1. The molecule has 3 nitrogen and oxygen atoms in total. The Morgan fingerprint density at radius 2 is 1.90 bits per heavy atom. The summed E-state index contributed by atoms with van der Waals surface area (Å²) < 4.78 is 0. The zero-order valence-corrected chi connectivity index (χ0v) is 12.8. The molecular weight excluding hydrogens is 252 g/mol. The zero-order valence-electron chi connectivity index (χ0n) is 12.8. The molecule has 3 heteroatoms. The van der Waals surface area contributed by atoms with Crippen LogP contribution in [0.15, 0.2) is 12.1 Å². The van der Waals surface area contributed by atoms with Crippen molar-refractivity contribution in [2.75, 3.05) is 0 Å². The number of hydrogen-bond donors (Lipinski definition) is 2. The highest BCUT2D eigenvalue weighted by Crippen LogP contribution is 2.55. The van der Waals surface area contributed by atoms with Crippen LogP contribution in [-0.4, -0.2) is 16.2 Å². The van der Waals surface area contributed by atoms with Crippen molar-refractivity contribution in [3.8, 4) is 5.75 Å². The molecule has 0 aromatic heterocycles. The highest BCUT2D eigenvalue weighted by atomic mass is 16.4. The third-order valence-corrected chi connectivity index (χ3v) is 4.30. The van der Waals surface area contributed by atoms with Gasteiger partial charge in [-0.1, -0.05) is 39.8 Å². The first-order valence-electron chi connectivity index (χ1n) is 7.28. The fraction of sp³-hybridized carbons (Fsp3) is 0.588. The van der Waals surface area contributed by atoms with Crippen LogP contribution >= 0.6 is 0 Å². The van der Waals surface area contributed by atoms with Crippen molar-refractivity contribution in [2.24, 2.45) is 0 Å². The second kappa shape index (κ2) is 4.80. The number of phenolic OH excluding ortho intramolecular Hbond substituents is 1. The molecule has 1 aromatic rings. The third kappa shape index (κ3) is 2.67. The molecule has 0 saturated heterocycles. The van der Waals surface area contributed by atoms with E-state index in [9.17, 15) is 9.90 Å². The second-order valence-corrected chi connectivity index (χ2v) is 6.99. The summed E-state index contributed by atoms with van der Waals surface area (Å²) in [5, 5.41) is 19.8. The Kier molecular flexibility index (Phi) is 3.57. The predicted octanol–water partition coefficient (Wildman–Crippen LogP) is 3.76. The Morgan fingerprint density at radius 1 is 1.30 bits per heavy atom. The summed E-state index contributed by atoms with van der Waals surface area (Å²) in [4.78, 5) is 11.1. The van der Waals surface area contributed by atoms with Crippen molar-refractivity contribution in [1.82, 2.24) is 0 Å². The Bertz CT molecular complexity index is 534. The monoisotopic (exact) mass is 276 g/mol. The SMILES string of the molecule is CCc1cc(C(C)(C)C)c(O)c(C2(CC(=O)O)CC2)c1. The maximum Gasteiger partial charge on any atom is 0.304 e. The Labute approximate surface area is 120 Å². The van der Waals surface area contributed by atoms with E-state index in [1.165, 1.54) is 5.56 Å². The first-order valence-corrected chi connectivity index (χ1v) is 7.28. The highest BCUT2D eigenvalue weighted by Gasteiger charge is 2.48. The molecule has 1 fully saturated rings. The van der Waals surface area contributed by atoms with Gasteiger partial charge in [0, 0.05) is 11.0 Å². The molecule has 0 spiro atoms. The van der Waals surface area contributed by atoms with Crippen molar-refractivity contribution < 1.29 is 15.0 Å². The van der Waals surface area contributed by atoms with Crippen LogP contribution in [0.5, 0.6) is 5.75 Å². The largest absolute Gasteiger partial charge is 0.507 e. The smallest absolute Gasteiger partial charge is 0.304 e. The van der Waals surface area contributed by atoms with Gasteiger partial charge in [0.2, 0.25) is 0 Å². The van der Waals surface area contributed by atoms with E-state index < -0.39 is 5.97 Å². The van der Waals surface area contributed by atoms with Crippen LogP contribution in [0.4, 0.5) is 0 Å². The number of phenols is 1. The lowest BCUT2D eigenvalue weighted by molar-refractivity contribution is -0.137. The molecule has 0 heterocycles. The van der Waals surface area contributed by atoms with Gasteiger partial charge in [-0.05, 0) is 35.8 Å². The van der Waals surface area contributed by atoms with Gasteiger partial charge in [-0.25, -0.2) is 0 Å². The van der Waals surface area contributed by atoms with Gasteiger partial charge in [0.05, 0.1) is 6.42 Å². The van der Waals surface area contributed by atoms with Crippen LogP contribution in [0.2, 0.25) is 0 Å². The number of aryl methyl sites for hydroxylation is 1. The van der Waals surface area contributed by atoms with Crippen LogP contribution in [0, 0.1) is 0 Å². The number of carboxylic acids is 1. The van der Waals surface area contributed by atoms with E-state index in [-0.39, 0.29) is 17.3 Å². The molecule has 2 rings (SSSR count). The average molecular weight is 276 g/mol. The summed E-state index contributed by atoms with van der Waals surface area (Å²) >= 11 is 0. The Morgan fingerprint density at radius 3 is 2.30 bits per heavy atom. The normalized spacial score (nSPS) is 17.0. The van der Waals surface area contributed by atoms with Crippen molar-refractivity contribution in [3.63, 3.8) is 0 Å². The van der Waals surface area contributed by atoms with Crippen LogP contribution in [0.25, 0.3) is 0 Å². The van der Waals surface area contributed by atoms with Gasteiger partial charge in [0.15, 0.2) is 0 Å². The van der Waals surface area contributed by atoms with Crippen LogP contribution < -0.4 is 0 Å². The van der Waals surface area contributed by atoms with E-state index in [2.05, 4.69) is 33.8 Å². The molecule has 20 heavy (non-hydrogen) atoms. The molecule has 0 radical (unpaired) electrons. The van der Waals surface area contributed by atoms with E-state index in [0.29, 0.717) is 5.75 Å². The molecule has 0 unspecified atom stereocenters. The maximum atomic E-state index is 11.1. The topological polar surface area (TPSA) is 57.5 Å². The molecule has 110 valence electrons. The fourth-order valence-electron chi connectivity index (χ4n) is 2.86. The van der Waals surface area contributed by atoms with E-state index in [1.807, 2.05) is 6.07 Å². The summed E-state index contributed by atoms with van der Waals surface area (Å²) in [5.74, 6) is -0.491. The second-order valence-electron chi connectivity index (χ2n) is 6.99. The standard InChI is InChI=1S/C17H24O3/c1-5-11-8-12(16(2,3)4)15(20)13(9-11)17(6-7-17)10-14(18)19/h8-9,20H,5-7,10H2,1-4H3,(H,18,19). The number of rotatable bonds is 4. The van der Waals surface area contributed by atoms with E-state index in [4.69, 9.17) is 5.11 Å². The van der Waals surface area contributed by atoms with Crippen LogP contribution in [0.1, 0.15) is 63.6 Å². The first-order chi connectivity index (χ1) is 9.19. The molecule has 0 bridgehead atoms. The molecule has 0 amide bonds. The van der Waals surface area contributed by atoms with E-state index in [0.717, 1.165) is 30.4 Å². The number of aliphatic carboxylic acids is 1. The fourth-order valence-corrected chi connectivity index (χ4v) is 2.86. The number of hydrogen-bond acceptors (Lipinski definition) is 2. The van der Waals surface area contributed by atoms with Crippen molar-refractivity contribution >= 4 is 5.97 Å². The molecule has 1 aromatic carbocycles. The highest BCUT2D eigenvalue weighted by molar-refractivity contribution is 5.71. The maximum absolute atomic E-state index is 11.1. The van der Waals surface area contributed by atoms with E-state index in [1.54, 1.807) is 0 Å². The van der Waals surface area contributed by atoms with Crippen LogP contribution in [0.3, 0.4) is 0 Å². The summed E-state index contributed by atoms with van der Waals surface area (Å²) in [6, 6.07) is 4.05. The summed E-state index contributed by atoms with van der Waals surface area (Å²) in [6.07, 6.45) is 2.70. The lowest BCUT2D eigenvalue weighted by atomic mass is 9.80. The van der Waals surface area contributed by atoms with Gasteiger partial charge < -0.3 is 10.2 Å². The van der Waals surface area contributed by atoms with Gasteiger partial charge in [0.25, 0.3) is 0 Å². The molecule has 2 N–H and O–H groups in total. The van der Waals surface area contributed by atoms with Gasteiger partial charge in [-0.3, -0.25) is 4.79 Å².